The molecule has 1 amide bonds. The molecule has 1 N–H and O–H groups in total. The Balaban J connectivity index is 1.64. The van der Waals surface area contributed by atoms with Crippen LogP contribution in [0.5, 0.6) is 0 Å². The van der Waals surface area contributed by atoms with Crippen LogP contribution in [0.15, 0.2) is 60.9 Å². The highest BCUT2D eigenvalue weighted by atomic mass is 35.5. The highest BCUT2D eigenvalue weighted by molar-refractivity contribution is 6.31. The van der Waals surface area contributed by atoms with E-state index in [1.807, 2.05) is 19.1 Å². The maximum atomic E-state index is 12.4. The normalized spacial score (nSPS) is 10.9. The summed E-state index contributed by atoms with van der Waals surface area (Å²) in [4.78, 5) is 28.5. The number of hydrogen-bond acceptors (Lipinski definition) is 3. The number of rotatable bonds is 5. The van der Waals surface area contributed by atoms with Crippen molar-refractivity contribution in [1.29, 1.82) is 0 Å². The molecule has 0 aliphatic rings. The fourth-order valence-corrected chi connectivity index (χ4v) is 2.68. The molecular weight excluding hydrogens is 362 g/mol. The second-order valence-corrected chi connectivity index (χ2v) is 6.51. The van der Waals surface area contributed by atoms with E-state index in [9.17, 15) is 9.59 Å². The number of hydrogen-bond donors (Lipinski definition) is 1. The van der Waals surface area contributed by atoms with Gasteiger partial charge in [0.05, 0.1) is 0 Å². The molecule has 3 aromatic rings. The van der Waals surface area contributed by atoms with Crippen LogP contribution in [0.1, 0.15) is 27.3 Å². The van der Waals surface area contributed by atoms with Gasteiger partial charge in [-0.25, -0.2) is 4.98 Å². The van der Waals surface area contributed by atoms with Gasteiger partial charge in [0.25, 0.3) is 0 Å². The van der Waals surface area contributed by atoms with E-state index in [0.717, 1.165) is 11.1 Å². The van der Waals surface area contributed by atoms with Crippen LogP contribution in [0.25, 0.3) is 6.08 Å². The van der Waals surface area contributed by atoms with Gasteiger partial charge in [-0.3, -0.25) is 9.59 Å². The van der Waals surface area contributed by atoms with Crippen molar-refractivity contribution in [2.24, 2.45) is 7.05 Å². The first kappa shape index (κ1) is 18.6. The van der Waals surface area contributed by atoms with Gasteiger partial charge in [0.15, 0.2) is 5.82 Å². The Bertz CT molecular complexity index is 1020. The van der Waals surface area contributed by atoms with E-state index in [1.165, 1.54) is 6.08 Å². The summed E-state index contributed by atoms with van der Waals surface area (Å²) in [7, 11) is 1.77. The van der Waals surface area contributed by atoms with Gasteiger partial charge in [0.2, 0.25) is 11.7 Å². The lowest BCUT2D eigenvalue weighted by Crippen LogP contribution is -2.10. The lowest BCUT2D eigenvalue weighted by Gasteiger charge is -2.05. The molecule has 27 heavy (non-hydrogen) atoms. The Hall–Kier alpha value is -3.18. The molecule has 0 fully saturated rings. The predicted molar refractivity (Wildman–Crippen MR) is 107 cm³/mol. The fraction of sp³-hybridized carbons (Fsp3) is 0.0952. The number of carbonyl (C=O) groups is 2. The van der Waals surface area contributed by atoms with Crippen molar-refractivity contribution in [3.8, 4) is 0 Å². The van der Waals surface area contributed by atoms with Crippen LogP contribution >= 0.6 is 11.6 Å². The topological polar surface area (TPSA) is 64.0 Å². The third kappa shape index (κ3) is 4.51. The van der Waals surface area contributed by atoms with Crippen molar-refractivity contribution in [3.05, 3.63) is 88.5 Å². The van der Waals surface area contributed by atoms with Gasteiger partial charge in [-0.1, -0.05) is 23.7 Å². The number of carbonyl (C=O) groups excluding carboxylic acids is 2. The van der Waals surface area contributed by atoms with Crippen LogP contribution in [0, 0.1) is 6.92 Å². The standard InChI is InChI=1S/C21H18ClN3O2/c1-14-3-4-15(13-18(14)22)5-10-19(26)24-17-8-6-16(7-9-17)20(27)21-23-11-12-25(21)2/h3-13H,1-2H3,(H,24,26)/b10-5+. The van der Waals surface area contributed by atoms with E-state index >= 15 is 0 Å². The Kier molecular flexibility index (Phi) is 5.52. The molecule has 0 unspecified atom stereocenters. The zero-order chi connectivity index (χ0) is 19.4. The number of nitrogens with one attached hydrogen (secondary N) is 1. The first-order valence-electron chi connectivity index (χ1n) is 8.31. The minimum Gasteiger partial charge on any atom is -0.331 e. The van der Waals surface area contributed by atoms with E-state index in [-0.39, 0.29) is 11.7 Å². The SMILES string of the molecule is Cc1ccc(/C=C/C(=O)Nc2ccc(C(=O)c3nccn3C)cc2)cc1Cl. The third-order valence-electron chi connectivity index (χ3n) is 4.06. The molecule has 2 aromatic carbocycles. The monoisotopic (exact) mass is 379 g/mol. The Morgan fingerprint density at radius 2 is 1.89 bits per heavy atom. The lowest BCUT2D eigenvalue weighted by atomic mass is 10.1. The molecule has 0 saturated heterocycles. The average Bonchev–Trinajstić information content (AvgIpc) is 3.09. The van der Waals surface area contributed by atoms with Crippen molar-refractivity contribution in [3.63, 3.8) is 0 Å². The summed E-state index contributed by atoms with van der Waals surface area (Å²) in [6, 6.07) is 12.3. The molecule has 3 rings (SSSR count). The summed E-state index contributed by atoms with van der Waals surface area (Å²) in [6.45, 7) is 1.92. The van der Waals surface area contributed by atoms with Gasteiger partial charge in [-0.05, 0) is 54.5 Å². The van der Waals surface area contributed by atoms with Crippen molar-refractivity contribution in [2.45, 2.75) is 6.92 Å². The van der Waals surface area contributed by atoms with Crippen molar-refractivity contribution >= 4 is 35.1 Å². The average molecular weight is 380 g/mol. The number of aryl methyl sites for hydroxylation is 2. The first-order chi connectivity index (χ1) is 12.9. The smallest absolute Gasteiger partial charge is 0.248 e. The van der Waals surface area contributed by atoms with Crippen LogP contribution in [0.2, 0.25) is 5.02 Å². The Labute approximate surface area is 162 Å². The summed E-state index contributed by atoms with van der Waals surface area (Å²) in [5, 5.41) is 3.42. The second kappa shape index (κ2) is 8.01. The molecule has 1 aromatic heterocycles. The highest BCUT2D eigenvalue weighted by Crippen LogP contribution is 2.18. The molecule has 0 aliphatic carbocycles. The largest absolute Gasteiger partial charge is 0.331 e. The molecule has 136 valence electrons. The molecule has 0 atom stereocenters. The fourth-order valence-electron chi connectivity index (χ4n) is 2.49. The molecule has 0 spiro atoms. The second-order valence-electron chi connectivity index (χ2n) is 6.10. The number of halogens is 1. The number of imidazole rings is 1. The molecule has 6 heteroatoms. The van der Waals surface area contributed by atoms with Crippen molar-refractivity contribution < 1.29 is 9.59 Å². The van der Waals surface area contributed by atoms with E-state index in [1.54, 1.807) is 60.4 Å². The summed E-state index contributed by atoms with van der Waals surface area (Å²) in [5.74, 6) is -0.0714. The number of ketones is 1. The summed E-state index contributed by atoms with van der Waals surface area (Å²) in [5.41, 5.74) is 2.94. The van der Waals surface area contributed by atoms with Gasteiger partial charge in [-0.15, -0.1) is 0 Å². The zero-order valence-electron chi connectivity index (χ0n) is 14.9. The van der Waals surface area contributed by atoms with E-state index in [2.05, 4.69) is 10.3 Å². The number of amides is 1. The molecular formula is C21H18ClN3O2. The number of benzene rings is 2. The molecule has 0 bridgehead atoms. The number of anilines is 1. The number of nitrogens with zero attached hydrogens (tertiary/aromatic N) is 2. The van der Waals surface area contributed by atoms with Gasteiger partial charge < -0.3 is 9.88 Å². The minimum absolute atomic E-state index is 0.170. The Morgan fingerprint density at radius 3 is 2.52 bits per heavy atom. The van der Waals surface area contributed by atoms with Gasteiger partial charge in [0.1, 0.15) is 0 Å². The van der Waals surface area contributed by atoms with Gasteiger partial charge in [0, 0.05) is 41.8 Å². The molecule has 0 saturated carbocycles. The van der Waals surface area contributed by atoms with Gasteiger partial charge in [-0.2, -0.15) is 0 Å². The maximum absolute atomic E-state index is 12.4. The lowest BCUT2D eigenvalue weighted by molar-refractivity contribution is -0.111. The zero-order valence-corrected chi connectivity index (χ0v) is 15.7. The van der Waals surface area contributed by atoms with Crippen LogP contribution in [-0.4, -0.2) is 21.2 Å². The van der Waals surface area contributed by atoms with Crippen molar-refractivity contribution in [1.82, 2.24) is 9.55 Å². The summed E-state index contributed by atoms with van der Waals surface area (Å²) >= 11 is 6.08. The first-order valence-corrected chi connectivity index (χ1v) is 8.69. The molecule has 5 nitrogen and oxygen atoms in total. The van der Waals surface area contributed by atoms with Crippen LogP contribution in [0.3, 0.4) is 0 Å². The summed E-state index contributed by atoms with van der Waals surface area (Å²) in [6.07, 6.45) is 6.43. The quantitative estimate of drug-likeness (QED) is 0.532. The van der Waals surface area contributed by atoms with E-state index < -0.39 is 0 Å². The van der Waals surface area contributed by atoms with Crippen LogP contribution in [0.4, 0.5) is 5.69 Å². The number of aromatic nitrogens is 2. The molecule has 0 radical (unpaired) electrons. The van der Waals surface area contributed by atoms with E-state index in [0.29, 0.717) is 22.1 Å². The van der Waals surface area contributed by atoms with E-state index in [4.69, 9.17) is 11.6 Å². The van der Waals surface area contributed by atoms with Crippen LogP contribution in [-0.2, 0) is 11.8 Å². The van der Waals surface area contributed by atoms with Crippen molar-refractivity contribution in [2.75, 3.05) is 5.32 Å². The van der Waals surface area contributed by atoms with Gasteiger partial charge >= 0.3 is 0 Å². The third-order valence-corrected chi connectivity index (χ3v) is 4.47. The molecule has 0 aliphatic heterocycles. The minimum atomic E-state index is -0.269. The highest BCUT2D eigenvalue weighted by Gasteiger charge is 2.13. The van der Waals surface area contributed by atoms with Crippen LogP contribution < -0.4 is 5.32 Å². The maximum Gasteiger partial charge on any atom is 0.248 e. The molecule has 1 heterocycles. The predicted octanol–water partition coefficient (Wildman–Crippen LogP) is 4.26. The Morgan fingerprint density at radius 1 is 1.15 bits per heavy atom. The summed E-state index contributed by atoms with van der Waals surface area (Å²) < 4.78 is 1.67.